The number of fused-ring (bicyclic) bond motifs is 1. The Kier molecular flexibility index (Phi) is 5.33. The van der Waals surface area contributed by atoms with Crippen LogP contribution in [-0.2, 0) is 12.0 Å². The number of rotatable bonds is 5. The predicted octanol–water partition coefficient (Wildman–Crippen LogP) is 6.59. The molecule has 0 unspecified atom stereocenters. The third-order valence-electron chi connectivity index (χ3n) is 5.18. The van der Waals surface area contributed by atoms with Gasteiger partial charge in [-0.15, -0.1) is 11.3 Å². The van der Waals surface area contributed by atoms with Gasteiger partial charge in [-0.3, -0.25) is 4.79 Å². The van der Waals surface area contributed by atoms with Crippen molar-refractivity contribution in [3.05, 3.63) is 59.0 Å². The second-order valence-electron chi connectivity index (χ2n) is 9.15. The van der Waals surface area contributed by atoms with Gasteiger partial charge in [-0.2, -0.15) is 15.0 Å². The highest BCUT2D eigenvalue weighted by atomic mass is 32.1. The van der Waals surface area contributed by atoms with Crippen molar-refractivity contribution >= 4 is 28.7 Å². The van der Waals surface area contributed by atoms with Gasteiger partial charge in [0.1, 0.15) is 11.0 Å². The van der Waals surface area contributed by atoms with Crippen LogP contribution in [0.25, 0.3) is 32.6 Å². The Morgan fingerprint density at radius 3 is 2.13 bits per heavy atom. The molecule has 30 heavy (non-hydrogen) atoms. The molecule has 0 amide bonds. The van der Waals surface area contributed by atoms with Gasteiger partial charge < -0.3 is 0 Å². The summed E-state index contributed by atoms with van der Waals surface area (Å²) in [5.74, 6) is 0.452. The van der Waals surface area contributed by atoms with E-state index in [0.717, 1.165) is 50.3 Å². The number of carbonyl (C=O) groups excluding carboxylic acids is 1. The molecular weight excluding hydrogens is 390 g/mol. The molecular formula is C25H27N3OS. The molecule has 2 aromatic carbocycles. The Labute approximate surface area is 181 Å². The van der Waals surface area contributed by atoms with E-state index in [9.17, 15) is 4.79 Å². The first-order valence-corrected chi connectivity index (χ1v) is 11.1. The maximum Gasteiger partial charge on any atom is 0.160 e. The Morgan fingerprint density at radius 2 is 1.57 bits per heavy atom. The SMILES string of the molecule is CC(C)Cn1nc2c(-c3ccc(C(C)(C)C)cc3)ccc(-c3ccc(C=O)s3)c2n1. The first-order chi connectivity index (χ1) is 14.3. The van der Waals surface area contributed by atoms with Crippen LogP contribution in [-0.4, -0.2) is 21.3 Å². The van der Waals surface area contributed by atoms with Crippen molar-refractivity contribution < 1.29 is 4.79 Å². The number of aromatic nitrogens is 3. The molecule has 0 spiro atoms. The van der Waals surface area contributed by atoms with E-state index in [2.05, 4.69) is 71.0 Å². The summed E-state index contributed by atoms with van der Waals surface area (Å²) in [5.41, 5.74) is 6.45. The molecule has 0 saturated carbocycles. The van der Waals surface area contributed by atoms with Gasteiger partial charge in [-0.1, -0.05) is 71.0 Å². The average molecular weight is 418 g/mol. The van der Waals surface area contributed by atoms with E-state index in [4.69, 9.17) is 10.2 Å². The lowest BCUT2D eigenvalue weighted by Gasteiger charge is -2.19. The van der Waals surface area contributed by atoms with Crippen molar-refractivity contribution in [3.8, 4) is 21.6 Å². The van der Waals surface area contributed by atoms with Crippen LogP contribution in [0.4, 0.5) is 0 Å². The van der Waals surface area contributed by atoms with E-state index >= 15 is 0 Å². The van der Waals surface area contributed by atoms with Crippen molar-refractivity contribution in [1.29, 1.82) is 0 Å². The van der Waals surface area contributed by atoms with E-state index in [0.29, 0.717) is 5.92 Å². The highest BCUT2D eigenvalue weighted by Crippen LogP contribution is 2.37. The van der Waals surface area contributed by atoms with Crippen molar-refractivity contribution in [2.75, 3.05) is 0 Å². The molecule has 0 saturated heterocycles. The van der Waals surface area contributed by atoms with Gasteiger partial charge in [0, 0.05) is 16.0 Å². The lowest BCUT2D eigenvalue weighted by molar-refractivity contribution is 0.112. The van der Waals surface area contributed by atoms with Crippen LogP contribution in [0.1, 0.15) is 49.9 Å². The predicted molar refractivity (Wildman–Crippen MR) is 125 cm³/mol. The molecule has 0 aliphatic heterocycles. The standard InChI is InChI=1S/C25H27N3OS/c1-16(2)14-28-26-23-20(17-6-8-18(9-7-17)25(3,4)5)11-12-21(24(23)27-28)22-13-10-19(15-29)30-22/h6-13,15-16H,14H2,1-5H3. The molecule has 154 valence electrons. The zero-order chi connectivity index (χ0) is 21.5. The fraction of sp³-hybridized carbons (Fsp3) is 0.320. The smallest absolute Gasteiger partial charge is 0.160 e. The number of nitrogens with zero attached hydrogens (tertiary/aromatic N) is 3. The van der Waals surface area contributed by atoms with Crippen molar-refractivity contribution in [2.45, 2.75) is 46.6 Å². The number of thiophene rings is 1. The topological polar surface area (TPSA) is 47.8 Å². The minimum absolute atomic E-state index is 0.119. The van der Waals surface area contributed by atoms with Gasteiger partial charge in [0.25, 0.3) is 0 Å². The number of hydrogen-bond donors (Lipinski definition) is 0. The zero-order valence-electron chi connectivity index (χ0n) is 18.1. The van der Waals surface area contributed by atoms with Crippen molar-refractivity contribution in [3.63, 3.8) is 0 Å². The maximum absolute atomic E-state index is 11.2. The van der Waals surface area contributed by atoms with Gasteiger partial charge >= 0.3 is 0 Å². The van der Waals surface area contributed by atoms with Crippen molar-refractivity contribution in [2.24, 2.45) is 5.92 Å². The molecule has 0 aliphatic carbocycles. The summed E-state index contributed by atoms with van der Waals surface area (Å²) >= 11 is 1.49. The fourth-order valence-electron chi connectivity index (χ4n) is 3.59. The summed E-state index contributed by atoms with van der Waals surface area (Å²) in [7, 11) is 0. The van der Waals surface area contributed by atoms with Gasteiger partial charge in [-0.25, -0.2) is 0 Å². The van der Waals surface area contributed by atoms with Gasteiger partial charge in [0.2, 0.25) is 0 Å². The summed E-state index contributed by atoms with van der Waals surface area (Å²) in [5, 5.41) is 9.69. The van der Waals surface area contributed by atoms with Crippen LogP contribution < -0.4 is 0 Å². The van der Waals surface area contributed by atoms with Crippen LogP contribution in [0.3, 0.4) is 0 Å². The normalized spacial score (nSPS) is 12.1. The highest BCUT2D eigenvalue weighted by molar-refractivity contribution is 7.17. The van der Waals surface area contributed by atoms with Crippen LogP contribution in [0.15, 0.2) is 48.5 Å². The van der Waals surface area contributed by atoms with Crippen molar-refractivity contribution in [1.82, 2.24) is 15.0 Å². The quantitative estimate of drug-likeness (QED) is 0.344. The Morgan fingerprint density at radius 1 is 0.933 bits per heavy atom. The summed E-state index contributed by atoms with van der Waals surface area (Å²) in [6.07, 6.45) is 0.895. The monoisotopic (exact) mass is 417 g/mol. The second-order valence-corrected chi connectivity index (χ2v) is 10.3. The van der Waals surface area contributed by atoms with Crippen LogP contribution in [0.5, 0.6) is 0 Å². The minimum atomic E-state index is 0.119. The van der Waals surface area contributed by atoms with Gasteiger partial charge in [0.05, 0.1) is 11.4 Å². The van der Waals surface area contributed by atoms with Gasteiger partial charge in [0.15, 0.2) is 6.29 Å². The molecule has 0 bridgehead atoms. The molecule has 0 atom stereocenters. The molecule has 0 aliphatic rings. The minimum Gasteiger partial charge on any atom is -0.297 e. The third-order valence-corrected chi connectivity index (χ3v) is 6.22. The third kappa shape index (κ3) is 3.94. The fourth-order valence-corrected chi connectivity index (χ4v) is 4.43. The molecule has 0 fully saturated rings. The van der Waals surface area contributed by atoms with E-state index in [-0.39, 0.29) is 5.41 Å². The lowest BCUT2D eigenvalue weighted by atomic mass is 9.86. The summed E-state index contributed by atoms with van der Waals surface area (Å²) in [6, 6.07) is 16.8. The highest BCUT2D eigenvalue weighted by Gasteiger charge is 2.18. The number of hydrogen-bond acceptors (Lipinski definition) is 4. The van der Waals surface area contributed by atoms with Gasteiger partial charge in [-0.05, 0) is 34.6 Å². The zero-order valence-corrected chi connectivity index (χ0v) is 19.0. The molecule has 2 heterocycles. The molecule has 4 nitrogen and oxygen atoms in total. The number of benzene rings is 2. The molecule has 0 radical (unpaired) electrons. The Hall–Kier alpha value is -2.79. The first-order valence-electron chi connectivity index (χ1n) is 10.3. The molecule has 4 aromatic rings. The van der Waals surface area contributed by atoms with Crippen LogP contribution >= 0.6 is 11.3 Å². The average Bonchev–Trinajstić information content (AvgIpc) is 3.33. The van der Waals surface area contributed by atoms with Crippen LogP contribution in [0.2, 0.25) is 0 Å². The van der Waals surface area contributed by atoms with Crippen LogP contribution in [0, 0.1) is 5.92 Å². The molecule has 2 aromatic heterocycles. The van der Waals surface area contributed by atoms with E-state index in [1.165, 1.54) is 16.9 Å². The van der Waals surface area contributed by atoms with E-state index < -0.39 is 0 Å². The largest absolute Gasteiger partial charge is 0.297 e. The Balaban J connectivity index is 1.87. The molecule has 4 rings (SSSR count). The Bertz CT molecular complexity index is 1190. The second kappa shape index (κ2) is 7.80. The van der Waals surface area contributed by atoms with E-state index in [1.807, 2.05) is 12.1 Å². The number of aldehydes is 1. The van der Waals surface area contributed by atoms with E-state index in [1.54, 1.807) is 4.80 Å². The molecule has 5 heteroatoms. The molecule has 0 N–H and O–H groups in total. The summed E-state index contributed by atoms with van der Waals surface area (Å²) < 4.78 is 0. The number of carbonyl (C=O) groups is 1. The lowest BCUT2D eigenvalue weighted by Crippen LogP contribution is -2.10. The maximum atomic E-state index is 11.2. The first kappa shape index (κ1) is 20.5. The summed E-state index contributed by atoms with van der Waals surface area (Å²) in [6.45, 7) is 11.8. The summed E-state index contributed by atoms with van der Waals surface area (Å²) in [4.78, 5) is 14.7.